The third-order valence-electron chi connectivity index (χ3n) is 2.38. The zero-order valence-electron chi connectivity index (χ0n) is 8.45. The van der Waals surface area contributed by atoms with E-state index >= 15 is 0 Å². The van der Waals surface area contributed by atoms with Gasteiger partial charge in [-0.2, -0.15) is 0 Å². The fourth-order valence-electron chi connectivity index (χ4n) is 1.48. The Morgan fingerprint density at radius 2 is 1.93 bits per heavy atom. The number of aryl methyl sites for hydroxylation is 2. The molecular formula is C12H13NO. The highest BCUT2D eigenvalue weighted by Gasteiger charge is 2.05. The summed E-state index contributed by atoms with van der Waals surface area (Å²) >= 11 is 0. The second-order valence-electron chi connectivity index (χ2n) is 3.31. The number of hydrogen-bond acceptors (Lipinski definition) is 2. The Labute approximate surface area is 83.6 Å². The third kappa shape index (κ3) is 1.55. The number of rotatable bonds is 2. The predicted molar refractivity (Wildman–Crippen MR) is 56.1 cm³/mol. The van der Waals surface area contributed by atoms with Crippen LogP contribution in [-0.4, -0.2) is 4.98 Å². The molecule has 0 saturated heterocycles. The van der Waals surface area contributed by atoms with Gasteiger partial charge in [-0.3, -0.25) is 0 Å². The van der Waals surface area contributed by atoms with Crippen LogP contribution in [-0.2, 0) is 6.42 Å². The second kappa shape index (κ2) is 3.66. The van der Waals surface area contributed by atoms with Crippen molar-refractivity contribution in [2.45, 2.75) is 20.3 Å². The maximum absolute atomic E-state index is 5.16. The van der Waals surface area contributed by atoms with Crippen LogP contribution in [0, 0.1) is 6.92 Å². The van der Waals surface area contributed by atoms with E-state index in [-0.39, 0.29) is 0 Å². The lowest BCUT2D eigenvalue weighted by Crippen LogP contribution is -1.83. The number of oxazole rings is 1. The molecule has 0 bridgehead atoms. The zero-order chi connectivity index (χ0) is 9.97. The summed E-state index contributed by atoms with van der Waals surface area (Å²) in [5.74, 6) is 0.870. The lowest BCUT2D eigenvalue weighted by atomic mass is 10.1. The van der Waals surface area contributed by atoms with Crippen LogP contribution in [0.4, 0.5) is 0 Å². The summed E-state index contributed by atoms with van der Waals surface area (Å²) in [6.07, 6.45) is 2.55. The summed E-state index contributed by atoms with van der Waals surface area (Å²) in [4.78, 5) is 4.17. The van der Waals surface area contributed by atoms with Gasteiger partial charge in [-0.15, -0.1) is 0 Å². The molecule has 2 rings (SSSR count). The Balaban J connectivity index is 2.39. The van der Waals surface area contributed by atoms with Gasteiger partial charge in [0.15, 0.2) is 6.39 Å². The summed E-state index contributed by atoms with van der Waals surface area (Å²) in [5.41, 5.74) is 3.40. The Bertz CT molecular complexity index is 414. The van der Waals surface area contributed by atoms with Crippen LogP contribution in [0.15, 0.2) is 35.1 Å². The first-order valence-electron chi connectivity index (χ1n) is 4.80. The lowest BCUT2D eigenvalue weighted by Gasteiger charge is -1.99. The predicted octanol–water partition coefficient (Wildman–Crippen LogP) is 3.21. The third-order valence-corrected chi connectivity index (χ3v) is 2.38. The van der Waals surface area contributed by atoms with E-state index < -0.39 is 0 Å². The monoisotopic (exact) mass is 187 g/mol. The van der Waals surface area contributed by atoms with E-state index in [2.05, 4.69) is 36.2 Å². The fourth-order valence-corrected chi connectivity index (χ4v) is 1.48. The van der Waals surface area contributed by atoms with Gasteiger partial charge >= 0.3 is 0 Å². The van der Waals surface area contributed by atoms with Crippen molar-refractivity contribution < 1.29 is 4.42 Å². The van der Waals surface area contributed by atoms with Crippen molar-refractivity contribution in [1.82, 2.24) is 4.98 Å². The van der Waals surface area contributed by atoms with Crippen LogP contribution < -0.4 is 0 Å². The largest absolute Gasteiger partial charge is 0.448 e. The average Bonchev–Trinajstić information content (AvgIpc) is 2.65. The SMILES string of the molecule is CCc1ccc(-c2ncoc2C)cc1. The Morgan fingerprint density at radius 1 is 1.21 bits per heavy atom. The van der Waals surface area contributed by atoms with E-state index in [1.165, 1.54) is 12.0 Å². The molecule has 2 nitrogen and oxygen atoms in total. The van der Waals surface area contributed by atoms with E-state index in [4.69, 9.17) is 4.42 Å². The van der Waals surface area contributed by atoms with Crippen molar-refractivity contribution in [3.63, 3.8) is 0 Å². The molecule has 72 valence electrons. The van der Waals surface area contributed by atoms with Gasteiger partial charge in [0.05, 0.1) is 0 Å². The lowest BCUT2D eigenvalue weighted by molar-refractivity contribution is 0.527. The first kappa shape index (κ1) is 9.00. The maximum Gasteiger partial charge on any atom is 0.181 e. The molecule has 0 N–H and O–H groups in total. The van der Waals surface area contributed by atoms with Crippen LogP contribution >= 0.6 is 0 Å². The topological polar surface area (TPSA) is 26.0 Å². The van der Waals surface area contributed by atoms with Gasteiger partial charge in [-0.1, -0.05) is 31.2 Å². The molecule has 2 aromatic rings. The van der Waals surface area contributed by atoms with Crippen molar-refractivity contribution in [1.29, 1.82) is 0 Å². The average molecular weight is 187 g/mol. The summed E-state index contributed by atoms with van der Waals surface area (Å²) in [6.45, 7) is 4.08. The minimum Gasteiger partial charge on any atom is -0.448 e. The quantitative estimate of drug-likeness (QED) is 0.721. The summed E-state index contributed by atoms with van der Waals surface area (Å²) in [5, 5.41) is 0. The molecule has 0 aliphatic heterocycles. The number of hydrogen-bond donors (Lipinski definition) is 0. The first-order valence-corrected chi connectivity index (χ1v) is 4.80. The molecule has 1 heterocycles. The highest BCUT2D eigenvalue weighted by atomic mass is 16.3. The van der Waals surface area contributed by atoms with Crippen LogP contribution in [0.5, 0.6) is 0 Å². The van der Waals surface area contributed by atoms with Crippen molar-refractivity contribution in [2.24, 2.45) is 0 Å². The van der Waals surface area contributed by atoms with Gasteiger partial charge in [-0.05, 0) is 18.9 Å². The Kier molecular flexibility index (Phi) is 2.35. The van der Waals surface area contributed by atoms with E-state index in [0.717, 1.165) is 23.4 Å². The molecule has 0 aliphatic rings. The van der Waals surface area contributed by atoms with E-state index in [1.54, 1.807) is 0 Å². The van der Waals surface area contributed by atoms with Gasteiger partial charge in [-0.25, -0.2) is 4.98 Å². The Morgan fingerprint density at radius 3 is 2.43 bits per heavy atom. The highest BCUT2D eigenvalue weighted by molar-refractivity contribution is 5.60. The van der Waals surface area contributed by atoms with Gasteiger partial charge in [0.2, 0.25) is 0 Å². The molecule has 14 heavy (non-hydrogen) atoms. The normalized spacial score (nSPS) is 10.4. The van der Waals surface area contributed by atoms with E-state index in [1.807, 2.05) is 6.92 Å². The fraction of sp³-hybridized carbons (Fsp3) is 0.250. The molecule has 1 aromatic heterocycles. The maximum atomic E-state index is 5.16. The molecule has 0 fully saturated rings. The van der Waals surface area contributed by atoms with Crippen LogP contribution in [0.25, 0.3) is 11.3 Å². The minimum absolute atomic E-state index is 0.870. The van der Waals surface area contributed by atoms with Gasteiger partial charge in [0.25, 0.3) is 0 Å². The van der Waals surface area contributed by atoms with Crippen molar-refractivity contribution >= 4 is 0 Å². The minimum atomic E-state index is 0.870. The van der Waals surface area contributed by atoms with Crippen molar-refractivity contribution in [2.75, 3.05) is 0 Å². The van der Waals surface area contributed by atoms with Crippen molar-refractivity contribution in [3.8, 4) is 11.3 Å². The van der Waals surface area contributed by atoms with Gasteiger partial charge in [0.1, 0.15) is 11.5 Å². The van der Waals surface area contributed by atoms with Crippen molar-refractivity contribution in [3.05, 3.63) is 42.0 Å². The number of nitrogens with zero attached hydrogens (tertiary/aromatic N) is 1. The Hall–Kier alpha value is -1.57. The molecular weight excluding hydrogens is 174 g/mol. The zero-order valence-corrected chi connectivity index (χ0v) is 8.45. The molecule has 0 saturated carbocycles. The van der Waals surface area contributed by atoms with Crippen LogP contribution in [0.2, 0.25) is 0 Å². The number of aromatic nitrogens is 1. The second-order valence-corrected chi connectivity index (χ2v) is 3.31. The smallest absolute Gasteiger partial charge is 0.181 e. The van der Waals surface area contributed by atoms with E-state index in [9.17, 15) is 0 Å². The standard InChI is InChI=1S/C12H13NO/c1-3-10-4-6-11(7-5-10)12-9(2)14-8-13-12/h4-8H,3H2,1-2H3. The van der Waals surface area contributed by atoms with Crippen LogP contribution in [0.3, 0.4) is 0 Å². The summed E-state index contributed by atoms with van der Waals surface area (Å²) in [7, 11) is 0. The molecule has 0 aliphatic carbocycles. The molecule has 0 radical (unpaired) electrons. The molecule has 2 heteroatoms. The summed E-state index contributed by atoms with van der Waals surface area (Å²) < 4.78 is 5.16. The van der Waals surface area contributed by atoms with Crippen LogP contribution in [0.1, 0.15) is 18.2 Å². The van der Waals surface area contributed by atoms with Gasteiger partial charge in [0, 0.05) is 5.56 Å². The molecule has 0 atom stereocenters. The molecule has 0 unspecified atom stereocenters. The summed E-state index contributed by atoms with van der Waals surface area (Å²) in [6, 6.07) is 8.43. The number of benzene rings is 1. The van der Waals surface area contributed by atoms with E-state index in [0.29, 0.717) is 0 Å². The molecule has 0 spiro atoms. The molecule has 0 amide bonds. The van der Waals surface area contributed by atoms with Gasteiger partial charge < -0.3 is 4.42 Å². The highest BCUT2D eigenvalue weighted by Crippen LogP contribution is 2.21. The molecule has 1 aromatic carbocycles. The first-order chi connectivity index (χ1) is 6.81.